The number of thioether (sulfide) groups is 1. The van der Waals surface area contributed by atoms with E-state index in [0.29, 0.717) is 67.7 Å². The number of hydrogen-bond acceptors (Lipinski definition) is 12. The molecule has 2 aromatic rings. The first-order valence-electron chi connectivity index (χ1n) is 18.6. The monoisotopic (exact) mass is 796 g/mol. The number of carbonyl (C=O) groups is 3. The summed E-state index contributed by atoms with van der Waals surface area (Å²) >= 11 is 6.12. The number of ether oxygens (including phenoxy) is 5. The van der Waals surface area contributed by atoms with E-state index in [1.807, 2.05) is 31.7 Å². The summed E-state index contributed by atoms with van der Waals surface area (Å²) in [7, 11) is 3.04. The van der Waals surface area contributed by atoms with Gasteiger partial charge in [0, 0.05) is 37.0 Å². The highest BCUT2D eigenvalue weighted by atomic mass is 32.2. The second-order valence-corrected chi connectivity index (χ2v) is 18.4. The van der Waals surface area contributed by atoms with E-state index in [9.17, 15) is 19.5 Å². The molecule has 298 valence electrons. The van der Waals surface area contributed by atoms with Gasteiger partial charge in [-0.05, 0) is 65.0 Å². The van der Waals surface area contributed by atoms with Crippen molar-refractivity contribution in [2.75, 3.05) is 63.9 Å². The number of carbonyl (C=O) groups excluding carboxylic acids is 3. The molecule has 0 aromatic heterocycles. The van der Waals surface area contributed by atoms with E-state index in [1.165, 1.54) is 7.11 Å². The molecule has 0 radical (unpaired) electrons. The van der Waals surface area contributed by atoms with Gasteiger partial charge in [-0.1, -0.05) is 24.3 Å². The van der Waals surface area contributed by atoms with Gasteiger partial charge in [0.25, 0.3) is 11.8 Å². The molecule has 4 aliphatic heterocycles. The molecule has 1 unspecified atom stereocenters. The van der Waals surface area contributed by atoms with Crippen LogP contribution in [0, 0.1) is 0 Å². The third kappa shape index (κ3) is 8.94. The molecule has 13 nitrogen and oxygen atoms in total. The first kappa shape index (κ1) is 40.5. The van der Waals surface area contributed by atoms with Crippen LogP contribution in [0.3, 0.4) is 0 Å². The van der Waals surface area contributed by atoms with Crippen LogP contribution in [0.1, 0.15) is 73.6 Å². The minimum absolute atomic E-state index is 0.0421. The van der Waals surface area contributed by atoms with Gasteiger partial charge in [-0.3, -0.25) is 9.59 Å². The molecule has 2 saturated heterocycles. The van der Waals surface area contributed by atoms with Crippen LogP contribution in [0.5, 0.6) is 23.0 Å². The second kappa shape index (κ2) is 16.9. The number of nitrogens with one attached hydrogen (secondary N) is 1. The van der Waals surface area contributed by atoms with Crippen molar-refractivity contribution in [1.82, 2.24) is 9.80 Å². The SMILES string of the molecule is C=C1CC2CNc3cc(OCCCCCOc4cc5c(cc4OC)C(=O)N4CC(=C)C[C@H]4[C@H](O)N5C(=O)OC[C@@H](C)SC(C)(C)S)c(OC)cc3C(=O)N2C1. The highest BCUT2D eigenvalue weighted by molar-refractivity contribution is 8.11. The van der Waals surface area contributed by atoms with Crippen LogP contribution in [-0.4, -0.2) is 114 Å². The summed E-state index contributed by atoms with van der Waals surface area (Å²) in [4.78, 5) is 45.5. The molecule has 4 heterocycles. The number of anilines is 2. The normalized spacial score (nSPS) is 21.1. The van der Waals surface area contributed by atoms with Gasteiger partial charge in [0.05, 0.1) is 66.1 Å². The summed E-state index contributed by atoms with van der Waals surface area (Å²) in [6.07, 6.45) is 1.15. The van der Waals surface area contributed by atoms with Gasteiger partial charge in [-0.15, -0.1) is 11.8 Å². The minimum Gasteiger partial charge on any atom is -0.493 e. The van der Waals surface area contributed by atoms with Crippen molar-refractivity contribution in [2.45, 2.75) is 80.5 Å². The lowest BCUT2D eigenvalue weighted by molar-refractivity contribution is 0.0491. The fourth-order valence-corrected chi connectivity index (χ4v) is 9.21. The molecule has 3 amide bonds. The fourth-order valence-electron chi connectivity index (χ4n) is 7.55. The number of amides is 3. The fraction of sp³-hybridized carbons (Fsp3) is 0.525. The van der Waals surface area contributed by atoms with Crippen molar-refractivity contribution in [3.8, 4) is 23.0 Å². The number of aliphatic hydroxyl groups excluding tert-OH is 1. The predicted molar refractivity (Wildman–Crippen MR) is 216 cm³/mol. The second-order valence-electron chi connectivity index (χ2n) is 14.9. The van der Waals surface area contributed by atoms with Crippen LogP contribution in [-0.2, 0) is 4.74 Å². The number of aliphatic hydroxyl groups is 1. The van der Waals surface area contributed by atoms with Crippen LogP contribution in [0.4, 0.5) is 16.2 Å². The molecule has 55 heavy (non-hydrogen) atoms. The average molecular weight is 797 g/mol. The van der Waals surface area contributed by atoms with Gasteiger partial charge in [-0.25, -0.2) is 9.69 Å². The Hall–Kier alpha value is -4.21. The summed E-state index contributed by atoms with van der Waals surface area (Å²) < 4.78 is 28.9. The Bertz CT molecular complexity index is 1830. The summed E-state index contributed by atoms with van der Waals surface area (Å²) in [6.45, 7) is 16.2. The average Bonchev–Trinajstić information content (AvgIpc) is 3.67. The van der Waals surface area contributed by atoms with Crippen LogP contribution in [0.2, 0.25) is 0 Å². The molecule has 4 aliphatic rings. The van der Waals surface area contributed by atoms with E-state index in [4.69, 9.17) is 23.7 Å². The van der Waals surface area contributed by atoms with E-state index >= 15 is 0 Å². The number of fused-ring (bicyclic) bond motifs is 4. The Kier molecular flexibility index (Phi) is 12.4. The molecule has 6 rings (SSSR count). The molecule has 0 spiro atoms. The molecule has 2 fully saturated rings. The number of benzene rings is 2. The number of rotatable bonds is 14. The van der Waals surface area contributed by atoms with E-state index < -0.39 is 18.4 Å². The maximum absolute atomic E-state index is 13.9. The Morgan fingerprint density at radius 2 is 1.53 bits per heavy atom. The van der Waals surface area contributed by atoms with Crippen LogP contribution in [0.25, 0.3) is 0 Å². The maximum Gasteiger partial charge on any atom is 0.416 e. The number of thiol groups is 1. The van der Waals surface area contributed by atoms with Crippen LogP contribution < -0.4 is 29.2 Å². The molecular weight excluding hydrogens is 745 g/mol. The van der Waals surface area contributed by atoms with Crippen LogP contribution >= 0.6 is 24.4 Å². The van der Waals surface area contributed by atoms with E-state index in [1.54, 1.807) is 42.0 Å². The smallest absolute Gasteiger partial charge is 0.416 e. The summed E-state index contributed by atoms with van der Waals surface area (Å²) in [5.74, 6) is 1.30. The van der Waals surface area contributed by atoms with Crippen LogP contribution in [0.15, 0.2) is 48.6 Å². The van der Waals surface area contributed by atoms with E-state index in [0.717, 1.165) is 41.0 Å². The lowest BCUT2D eigenvalue weighted by atomic mass is 10.1. The zero-order valence-electron chi connectivity index (χ0n) is 32.2. The third-order valence-electron chi connectivity index (χ3n) is 10.0. The lowest BCUT2D eigenvalue weighted by Gasteiger charge is -2.32. The Balaban J connectivity index is 1.09. The van der Waals surface area contributed by atoms with Crippen molar-refractivity contribution in [2.24, 2.45) is 0 Å². The molecule has 2 N–H and O–H groups in total. The number of nitrogens with zero attached hydrogens (tertiary/aromatic N) is 3. The van der Waals surface area contributed by atoms with Crippen molar-refractivity contribution >= 4 is 53.7 Å². The van der Waals surface area contributed by atoms with E-state index in [2.05, 4.69) is 31.1 Å². The number of hydrogen-bond donors (Lipinski definition) is 3. The molecule has 0 aliphatic carbocycles. The number of unbranched alkanes of at least 4 members (excludes halogenated alkanes) is 2. The van der Waals surface area contributed by atoms with Crippen molar-refractivity contribution < 1.29 is 43.2 Å². The first-order chi connectivity index (χ1) is 26.2. The van der Waals surface area contributed by atoms with Gasteiger partial charge in [0.2, 0.25) is 0 Å². The lowest BCUT2D eigenvalue weighted by Crippen LogP contribution is -2.51. The van der Waals surface area contributed by atoms with Gasteiger partial charge >= 0.3 is 6.09 Å². The molecule has 15 heteroatoms. The minimum atomic E-state index is -1.38. The van der Waals surface area contributed by atoms with Gasteiger partial charge in [-0.2, -0.15) is 12.6 Å². The standard InChI is InChI=1S/C40H52N4O9S2/c1-23-13-26-19-41-29-17-34(32(49-6)15-27(29)36(45)42(26)20-23)51-11-9-8-10-12-52-35-18-30-28(16-33(35)50-7)37(46)43-21-24(2)14-31(43)38(47)44(30)39(48)53-22-25(3)55-40(4,5)54/h15-18,25-26,31,38,41,47,54H,1-2,8-14,19-22H2,3-7H3/t25-,26?,31+,38+/m1/s1. The Labute approximate surface area is 332 Å². The Morgan fingerprint density at radius 3 is 2.18 bits per heavy atom. The van der Waals surface area contributed by atoms with Crippen molar-refractivity contribution in [3.63, 3.8) is 0 Å². The number of methoxy groups -OCH3 is 2. The zero-order valence-corrected chi connectivity index (χ0v) is 33.9. The maximum atomic E-state index is 13.9. The van der Waals surface area contributed by atoms with Gasteiger partial charge in [0.1, 0.15) is 6.61 Å². The largest absolute Gasteiger partial charge is 0.493 e. The highest BCUT2D eigenvalue weighted by Crippen LogP contribution is 2.43. The van der Waals surface area contributed by atoms with Gasteiger partial charge in [0.15, 0.2) is 29.2 Å². The topological polar surface area (TPSA) is 139 Å². The third-order valence-corrected chi connectivity index (χ3v) is 11.5. The summed E-state index contributed by atoms with van der Waals surface area (Å²) in [6, 6.07) is 6.08. The molecular formula is C40H52N4O9S2. The van der Waals surface area contributed by atoms with Crippen molar-refractivity contribution in [1.29, 1.82) is 0 Å². The van der Waals surface area contributed by atoms with Gasteiger partial charge < -0.3 is 43.9 Å². The molecule has 2 aromatic carbocycles. The quantitative estimate of drug-likeness (QED) is 0.0852. The van der Waals surface area contributed by atoms with Crippen molar-refractivity contribution in [3.05, 3.63) is 59.7 Å². The highest BCUT2D eigenvalue weighted by Gasteiger charge is 2.46. The molecule has 0 bridgehead atoms. The zero-order chi connectivity index (χ0) is 39.6. The van der Waals surface area contributed by atoms with E-state index in [-0.39, 0.29) is 51.6 Å². The predicted octanol–water partition coefficient (Wildman–Crippen LogP) is 6.36. The Morgan fingerprint density at radius 1 is 0.927 bits per heavy atom. The molecule has 4 atom stereocenters. The first-order valence-corrected chi connectivity index (χ1v) is 19.9. The summed E-state index contributed by atoms with van der Waals surface area (Å²) in [5.41, 5.74) is 3.48. The molecule has 0 saturated carbocycles. The summed E-state index contributed by atoms with van der Waals surface area (Å²) in [5, 5.41) is 15.0.